The van der Waals surface area contributed by atoms with Crippen LogP contribution in [0.3, 0.4) is 0 Å². The molecule has 3 heterocycles. The lowest BCUT2D eigenvalue weighted by Gasteiger charge is -2.27. The molecule has 3 atom stereocenters. The minimum absolute atomic E-state index is 0.0685. The second-order valence-electron chi connectivity index (χ2n) is 9.04. The van der Waals surface area contributed by atoms with Gasteiger partial charge in [-0.2, -0.15) is 4.39 Å². The number of alkyl halides is 1. The number of aromatic nitrogens is 4. The van der Waals surface area contributed by atoms with E-state index in [0.29, 0.717) is 22.6 Å². The van der Waals surface area contributed by atoms with Crippen molar-refractivity contribution in [2.75, 3.05) is 13.7 Å². The van der Waals surface area contributed by atoms with E-state index in [1.807, 2.05) is 13.8 Å². The number of halogens is 2. The molecule has 2 aromatic heterocycles. The van der Waals surface area contributed by atoms with Gasteiger partial charge in [-0.25, -0.2) is 9.37 Å². The number of benzene rings is 1. The van der Waals surface area contributed by atoms with E-state index >= 15 is 0 Å². The zero-order valence-electron chi connectivity index (χ0n) is 20.2. The Hall–Kier alpha value is -3.89. The van der Waals surface area contributed by atoms with Gasteiger partial charge in [0.05, 0.1) is 43.7 Å². The quantitative estimate of drug-likeness (QED) is 0.462. The second kappa shape index (κ2) is 10.8. The summed E-state index contributed by atoms with van der Waals surface area (Å²) in [5, 5.41) is 12.7. The van der Waals surface area contributed by atoms with Gasteiger partial charge in [-0.3, -0.25) is 14.7 Å². The van der Waals surface area contributed by atoms with E-state index in [0.717, 1.165) is 0 Å². The number of likely N-dealkylation sites (tertiary alicyclic amines) is 1. The lowest BCUT2D eigenvalue weighted by molar-refractivity contribution is -0.138. The molecule has 190 valence electrons. The predicted molar refractivity (Wildman–Crippen MR) is 126 cm³/mol. The largest absolute Gasteiger partial charge is 0.497 e. The number of amides is 2. The third kappa shape index (κ3) is 5.50. The molecule has 2 amide bonds. The van der Waals surface area contributed by atoms with Crippen molar-refractivity contribution in [3.05, 3.63) is 71.1 Å². The summed E-state index contributed by atoms with van der Waals surface area (Å²) in [6.07, 6.45) is -0.180. The molecule has 3 unspecified atom stereocenters. The summed E-state index contributed by atoms with van der Waals surface area (Å²) in [7, 11) is 1.51. The molecule has 11 heteroatoms. The molecule has 1 aliphatic rings. The molecule has 1 fully saturated rings. The summed E-state index contributed by atoms with van der Waals surface area (Å²) < 4.78 is 34.5. The first kappa shape index (κ1) is 25.2. The third-order valence-corrected chi connectivity index (χ3v) is 6.21. The van der Waals surface area contributed by atoms with E-state index < -0.39 is 36.0 Å². The second-order valence-corrected chi connectivity index (χ2v) is 9.04. The van der Waals surface area contributed by atoms with Gasteiger partial charge in [0.2, 0.25) is 17.8 Å². The number of hydrogen-bond donors (Lipinski definition) is 2. The zero-order valence-corrected chi connectivity index (χ0v) is 20.2. The van der Waals surface area contributed by atoms with Crippen LogP contribution in [0.4, 0.5) is 8.78 Å². The molecular formula is C25H28F2N6O3. The summed E-state index contributed by atoms with van der Waals surface area (Å²) in [5.74, 6) is -1.14. The molecule has 2 N–H and O–H groups in total. The summed E-state index contributed by atoms with van der Waals surface area (Å²) in [6.45, 7) is 3.53. The van der Waals surface area contributed by atoms with Crippen molar-refractivity contribution in [2.45, 2.75) is 50.9 Å². The van der Waals surface area contributed by atoms with E-state index in [1.54, 1.807) is 36.4 Å². The van der Waals surface area contributed by atoms with Crippen LogP contribution in [0.2, 0.25) is 0 Å². The van der Waals surface area contributed by atoms with Crippen molar-refractivity contribution in [1.82, 2.24) is 30.6 Å². The van der Waals surface area contributed by atoms with Crippen LogP contribution in [0, 0.1) is 5.95 Å². The molecule has 1 saturated heterocycles. The number of rotatable bonds is 8. The van der Waals surface area contributed by atoms with Crippen molar-refractivity contribution in [3.8, 4) is 5.75 Å². The van der Waals surface area contributed by atoms with E-state index in [4.69, 9.17) is 4.74 Å². The van der Waals surface area contributed by atoms with Crippen molar-refractivity contribution in [2.24, 2.45) is 0 Å². The summed E-state index contributed by atoms with van der Waals surface area (Å²) in [5.41, 5.74) is 1.79. The molecule has 1 aliphatic heterocycles. The normalized spacial score (nSPS) is 18.3. The van der Waals surface area contributed by atoms with Gasteiger partial charge in [0.25, 0.3) is 0 Å². The molecule has 4 rings (SSSR count). The van der Waals surface area contributed by atoms with Gasteiger partial charge in [-0.05, 0) is 29.7 Å². The molecular weight excluding hydrogens is 470 g/mol. The number of H-pyrrole nitrogens is 1. The Balaban J connectivity index is 1.62. The number of ether oxygens (including phenoxy) is 1. The van der Waals surface area contributed by atoms with Crippen LogP contribution in [-0.2, 0) is 16.0 Å². The van der Waals surface area contributed by atoms with Gasteiger partial charge in [0.15, 0.2) is 0 Å². The SMILES string of the molecule is COc1cccc(C(NC(=O)C2CC(F)CN2C(=O)Cc2cnn[nH]2)c2ccc(C(C)C)c(F)n2)c1. The van der Waals surface area contributed by atoms with Gasteiger partial charge in [-0.15, -0.1) is 5.10 Å². The maximum absolute atomic E-state index is 14.8. The lowest BCUT2D eigenvalue weighted by Crippen LogP contribution is -2.47. The van der Waals surface area contributed by atoms with Crippen LogP contribution in [0.1, 0.15) is 54.7 Å². The fraction of sp³-hybridized carbons (Fsp3) is 0.400. The van der Waals surface area contributed by atoms with Crippen LogP contribution in [0.25, 0.3) is 0 Å². The highest BCUT2D eigenvalue weighted by Crippen LogP contribution is 2.28. The molecule has 9 nitrogen and oxygen atoms in total. The van der Waals surface area contributed by atoms with Crippen LogP contribution in [0.5, 0.6) is 5.75 Å². The minimum atomic E-state index is -1.35. The number of nitrogens with zero attached hydrogens (tertiary/aromatic N) is 4. The van der Waals surface area contributed by atoms with E-state index in [9.17, 15) is 18.4 Å². The molecule has 1 aromatic carbocycles. The number of carbonyl (C=O) groups is 2. The first-order valence-corrected chi connectivity index (χ1v) is 11.7. The first-order valence-electron chi connectivity index (χ1n) is 11.7. The highest BCUT2D eigenvalue weighted by molar-refractivity contribution is 5.89. The van der Waals surface area contributed by atoms with Crippen LogP contribution in [0.15, 0.2) is 42.6 Å². The average Bonchev–Trinajstić information content (AvgIpc) is 3.51. The molecule has 3 aromatic rings. The summed E-state index contributed by atoms with van der Waals surface area (Å²) in [4.78, 5) is 31.6. The fourth-order valence-electron chi connectivity index (χ4n) is 4.32. The van der Waals surface area contributed by atoms with Gasteiger partial charge < -0.3 is 15.0 Å². The van der Waals surface area contributed by atoms with Crippen LogP contribution < -0.4 is 10.1 Å². The summed E-state index contributed by atoms with van der Waals surface area (Å²) in [6, 6.07) is 8.37. The number of pyridine rings is 1. The fourth-order valence-corrected chi connectivity index (χ4v) is 4.32. The Kier molecular flexibility index (Phi) is 7.56. The van der Waals surface area contributed by atoms with E-state index in [-0.39, 0.29) is 31.0 Å². The maximum Gasteiger partial charge on any atom is 0.243 e. The van der Waals surface area contributed by atoms with E-state index in [1.165, 1.54) is 18.2 Å². The topological polar surface area (TPSA) is 113 Å². The molecule has 36 heavy (non-hydrogen) atoms. The van der Waals surface area contributed by atoms with Gasteiger partial charge >= 0.3 is 0 Å². The molecule has 0 saturated carbocycles. The van der Waals surface area contributed by atoms with Crippen molar-refractivity contribution < 1.29 is 23.1 Å². The standard InChI is InChI=1S/C25H28F2N6O3/c1-14(2)19-7-8-20(29-24(19)27)23(15-5-4-6-18(9-15)36-3)30-25(35)21-10-16(26)13-33(21)22(34)11-17-12-28-32-31-17/h4-9,12,14,16,21,23H,10-11,13H2,1-3H3,(H,30,35)(H,28,31,32). The predicted octanol–water partition coefficient (Wildman–Crippen LogP) is 2.86. The number of nitrogens with one attached hydrogen (secondary N) is 2. The molecule has 0 bridgehead atoms. The zero-order chi connectivity index (χ0) is 25.8. The van der Waals surface area contributed by atoms with Gasteiger partial charge in [-0.1, -0.05) is 37.3 Å². The molecule has 0 radical (unpaired) electrons. The first-order chi connectivity index (χ1) is 17.3. The Morgan fingerprint density at radius 1 is 1.28 bits per heavy atom. The van der Waals surface area contributed by atoms with Gasteiger partial charge in [0, 0.05) is 12.0 Å². The lowest BCUT2D eigenvalue weighted by atomic mass is 9.99. The van der Waals surface area contributed by atoms with Crippen molar-refractivity contribution >= 4 is 11.8 Å². The third-order valence-electron chi connectivity index (χ3n) is 6.21. The average molecular weight is 499 g/mol. The highest BCUT2D eigenvalue weighted by Gasteiger charge is 2.40. The molecule has 0 aliphatic carbocycles. The smallest absolute Gasteiger partial charge is 0.243 e. The number of carbonyl (C=O) groups excluding carboxylic acids is 2. The number of methoxy groups -OCH3 is 1. The van der Waals surface area contributed by atoms with Crippen molar-refractivity contribution in [1.29, 1.82) is 0 Å². The minimum Gasteiger partial charge on any atom is -0.497 e. The van der Waals surface area contributed by atoms with Crippen molar-refractivity contribution in [3.63, 3.8) is 0 Å². The molecule has 0 spiro atoms. The summed E-state index contributed by atoms with van der Waals surface area (Å²) >= 11 is 0. The highest BCUT2D eigenvalue weighted by atomic mass is 19.1. The Morgan fingerprint density at radius 2 is 2.08 bits per heavy atom. The van der Waals surface area contributed by atoms with Crippen LogP contribution >= 0.6 is 0 Å². The Morgan fingerprint density at radius 3 is 2.75 bits per heavy atom. The number of aromatic amines is 1. The Bertz CT molecular complexity index is 1220. The van der Waals surface area contributed by atoms with Crippen LogP contribution in [-0.4, -0.2) is 63.0 Å². The number of hydrogen-bond acceptors (Lipinski definition) is 6. The Labute approximate surface area is 207 Å². The van der Waals surface area contributed by atoms with E-state index in [2.05, 4.69) is 25.7 Å². The van der Waals surface area contributed by atoms with Gasteiger partial charge in [0.1, 0.15) is 18.0 Å². The maximum atomic E-state index is 14.8. The monoisotopic (exact) mass is 498 g/mol.